The molecule has 2 aromatic carbocycles. The zero-order chi connectivity index (χ0) is 14.5. The largest absolute Gasteiger partial charge is 0.299 e. The lowest BCUT2D eigenvalue weighted by Gasteiger charge is -2.37. The Balaban J connectivity index is 0.00000176. The van der Waals surface area contributed by atoms with Crippen LogP contribution in [0.15, 0.2) is 60.7 Å². The summed E-state index contributed by atoms with van der Waals surface area (Å²) in [5, 5.41) is 9.70. The van der Waals surface area contributed by atoms with Crippen molar-refractivity contribution in [2.24, 2.45) is 0 Å². The van der Waals surface area contributed by atoms with Gasteiger partial charge in [-0.05, 0) is 24.0 Å². The van der Waals surface area contributed by atoms with Gasteiger partial charge in [0.25, 0.3) is 0 Å². The first kappa shape index (κ1) is 16.5. The average Bonchev–Trinajstić information content (AvgIpc) is 2.58. The summed E-state index contributed by atoms with van der Waals surface area (Å²) >= 11 is 0. The van der Waals surface area contributed by atoms with Crippen LogP contribution in [0.4, 0.5) is 0 Å². The molecule has 0 atom stereocenters. The average molecular weight is 312 g/mol. The monoisotopic (exact) mass is 311 g/mol. The second kappa shape index (κ2) is 7.45. The molecule has 0 spiro atoms. The van der Waals surface area contributed by atoms with Crippen LogP contribution in [0, 0.1) is 11.3 Å². The highest BCUT2D eigenvalue weighted by molar-refractivity contribution is 5.85. The Morgan fingerprint density at radius 1 is 0.909 bits per heavy atom. The number of nitrogens with zero attached hydrogens (tertiary/aromatic N) is 2. The summed E-state index contributed by atoms with van der Waals surface area (Å²) < 4.78 is 0. The lowest BCUT2D eigenvalue weighted by molar-refractivity contribution is 0.179. The molecule has 0 aromatic heterocycles. The van der Waals surface area contributed by atoms with Gasteiger partial charge in [0.05, 0.1) is 11.5 Å². The summed E-state index contributed by atoms with van der Waals surface area (Å²) in [7, 11) is 0. The van der Waals surface area contributed by atoms with E-state index in [2.05, 4.69) is 53.4 Å². The highest BCUT2D eigenvalue weighted by Crippen LogP contribution is 2.35. The lowest BCUT2D eigenvalue weighted by atomic mass is 9.74. The minimum absolute atomic E-state index is 0. The molecule has 0 bridgehead atoms. The molecule has 0 unspecified atom stereocenters. The standard InChI is InChI=1S/C19H20N2.Cl/c20-16-19(18-9-5-2-6-10-18)11-13-21(14-12-19)15-17-7-3-1-4-8-17;/h1-10H,11-15H2;. The summed E-state index contributed by atoms with van der Waals surface area (Å²) in [4.78, 5) is 2.45. The van der Waals surface area contributed by atoms with E-state index < -0.39 is 0 Å². The topological polar surface area (TPSA) is 27.0 Å². The molecule has 1 heterocycles. The summed E-state index contributed by atoms with van der Waals surface area (Å²) in [5.74, 6) is 0. The maximum absolute atomic E-state index is 9.70. The number of halogens is 1. The van der Waals surface area contributed by atoms with E-state index in [0.29, 0.717) is 0 Å². The maximum atomic E-state index is 9.70. The first-order chi connectivity index (χ1) is 10.3. The molecule has 0 N–H and O–H groups in total. The number of rotatable bonds is 3. The van der Waals surface area contributed by atoms with E-state index in [1.807, 2.05) is 18.2 Å². The molecule has 3 rings (SSSR count). The minimum Gasteiger partial charge on any atom is -0.299 e. The normalized spacial score (nSPS) is 17.2. The molecule has 0 saturated carbocycles. The highest BCUT2D eigenvalue weighted by atomic mass is 35.5. The molecule has 1 radical (unpaired) electrons. The maximum Gasteiger partial charge on any atom is 0.0846 e. The van der Waals surface area contributed by atoms with E-state index in [1.54, 1.807) is 0 Å². The van der Waals surface area contributed by atoms with Crippen LogP contribution in [0.3, 0.4) is 0 Å². The van der Waals surface area contributed by atoms with Gasteiger partial charge >= 0.3 is 0 Å². The van der Waals surface area contributed by atoms with Crippen LogP contribution in [-0.4, -0.2) is 18.0 Å². The summed E-state index contributed by atoms with van der Waals surface area (Å²) in [5.41, 5.74) is 2.22. The van der Waals surface area contributed by atoms with Crippen LogP contribution in [0.5, 0.6) is 0 Å². The number of piperidine rings is 1. The lowest BCUT2D eigenvalue weighted by Crippen LogP contribution is -2.41. The van der Waals surface area contributed by atoms with Crippen molar-refractivity contribution in [3.8, 4) is 6.07 Å². The van der Waals surface area contributed by atoms with Crippen molar-refractivity contribution in [1.29, 1.82) is 5.26 Å². The molecule has 1 fully saturated rings. The van der Waals surface area contributed by atoms with Crippen molar-refractivity contribution >= 4 is 12.4 Å². The first-order valence-electron chi connectivity index (χ1n) is 7.55. The number of nitriles is 1. The predicted octanol–water partition coefficient (Wildman–Crippen LogP) is 4.43. The van der Waals surface area contributed by atoms with Crippen LogP contribution in [0.2, 0.25) is 0 Å². The Hall–Kier alpha value is -1.82. The van der Waals surface area contributed by atoms with Crippen LogP contribution in [0.1, 0.15) is 24.0 Å². The Bertz CT molecular complexity index is 611. The second-order valence-corrected chi connectivity index (χ2v) is 5.82. The van der Waals surface area contributed by atoms with Crippen LogP contribution >= 0.6 is 12.4 Å². The summed E-state index contributed by atoms with van der Waals surface area (Å²) in [6.45, 7) is 2.95. The van der Waals surface area contributed by atoms with Gasteiger partial charge < -0.3 is 0 Å². The van der Waals surface area contributed by atoms with Gasteiger partial charge in [0.2, 0.25) is 0 Å². The van der Waals surface area contributed by atoms with Crippen molar-refractivity contribution < 1.29 is 0 Å². The van der Waals surface area contributed by atoms with Gasteiger partial charge in [-0.25, -0.2) is 0 Å². The zero-order valence-electron chi connectivity index (χ0n) is 12.6. The molecular formula is C19H20ClN2. The number of benzene rings is 2. The molecule has 22 heavy (non-hydrogen) atoms. The van der Waals surface area contributed by atoms with Crippen LogP contribution in [0.25, 0.3) is 0 Å². The number of hydrogen-bond acceptors (Lipinski definition) is 2. The first-order valence-corrected chi connectivity index (χ1v) is 7.55. The smallest absolute Gasteiger partial charge is 0.0846 e. The van der Waals surface area contributed by atoms with Crippen molar-refractivity contribution in [2.45, 2.75) is 24.8 Å². The summed E-state index contributed by atoms with van der Waals surface area (Å²) in [6, 6.07) is 23.4. The van der Waals surface area contributed by atoms with E-state index in [-0.39, 0.29) is 17.8 Å². The molecule has 3 heteroatoms. The molecule has 0 amide bonds. The molecule has 1 aliphatic rings. The molecule has 2 nitrogen and oxygen atoms in total. The van der Waals surface area contributed by atoms with Crippen molar-refractivity contribution in [3.05, 3.63) is 71.8 Å². The fourth-order valence-corrected chi connectivity index (χ4v) is 3.16. The number of likely N-dealkylation sites (tertiary alicyclic amines) is 1. The fraction of sp³-hybridized carbons (Fsp3) is 0.316. The molecule has 1 saturated heterocycles. The van der Waals surface area contributed by atoms with Gasteiger partial charge in [-0.1, -0.05) is 60.7 Å². The third-order valence-corrected chi connectivity index (χ3v) is 4.50. The third-order valence-electron chi connectivity index (χ3n) is 4.50. The van der Waals surface area contributed by atoms with Gasteiger partial charge in [0, 0.05) is 32.0 Å². The third kappa shape index (κ3) is 3.50. The minimum atomic E-state index is -0.297. The quantitative estimate of drug-likeness (QED) is 0.838. The van der Waals surface area contributed by atoms with Crippen molar-refractivity contribution in [1.82, 2.24) is 4.90 Å². The highest BCUT2D eigenvalue weighted by Gasteiger charge is 2.36. The van der Waals surface area contributed by atoms with Gasteiger partial charge in [-0.2, -0.15) is 5.26 Å². The second-order valence-electron chi connectivity index (χ2n) is 5.82. The summed E-state index contributed by atoms with van der Waals surface area (Å²) in [6.07, 6.45) is 1.83. The van der Waals surface area contributed by atoms with Gasteiger partial charge in [0.1, 0.15) is 0 Å². The predicted molar refractivity (Wildman–Crippen MR) is 90.5 cm³/mol. The van der Waals surface area contributed by atoms with Gasteiger partial charge in [-0.15, -0.1) is 0 Å². The van der Waals surface area contributed by atoms with Crippen molar-refractivity contribution in [3.63, 3.8) is 0 Å². The van der Waals surface area contributed by atoms with E-state index >= 15 is 0 Å². The fourth-order valence-electron chi connectivity index (χ4n) is 3.16. The van der Waals surface area contributed by atoms with Crippen LogP contribution < -0.4 is 0 Å². The molecular weight excluding hydrogens is 292 g/mol. The Morgan fingerprint density at radius 2 is 1.45 bits per heavy atom. The molecule has 2 aromatic rings. The number of hydrogen-bond donors (Lipinski definition) is 0. The Morgan fingerprint density at radius 3 is 2.00 bits per heavy atom. The zero-order valence-corrected chi connectivity index (χ0v) is 13.3. The van der Waals surface area contributed by atoms with Crippen LogP contribution in [-0.2, 0) is 12.0 Å². The Kier molecular flexibility index (Phi) is 5.60. The molecule has 113 valence electrons. The van der Waals surface area contributed by atoms with E-state index in [0.717, 1.165) is 32.5 Å². The van der Waals surface area contributed by atoms with Gasteiger partial charge in [0.15, 0.2) is 0 Å². The van der Waals surface area contributed by atoms with E-state index in [1.165, 1.54) is 11.1 Å². The van der Waals surface area contributed by atoms with Gasteiger partial charge in [-0.3, -0.25) is 4.90 Å². The molecule has 1 aliphatic heterocycles. The molecule has 0 aliphatic carbocycles. The van der Waals surface area contributed by atoms with E-state index in [9.17, 15) is 5.26 Å². The Labute approximate surface area is 138 Å². The van der Waals surface area contributed by atoms with Crippen molar-refractivity contribution in [2.75, 3.05) is 13.1 Å². The van der Waals surface area contributed by atoms with E-state index in [4.69, 9.17) is 0 Å². The SMILES string of the molecule is N#CC1(c2ccccc2)CCN(Cc2ccccc2)CC1.[Cl].